The van der Waals surface area contributed by atoms with Gasteiger partial charge in [-0.15, -0.1) is 0 Å². The van der Waals surface area contributed by atoms with Crippen LogP contribution in [0, 0.1) is 0 Å². The van der Waals surface area contributed by atoms with Crippen LogP contribution in [0.2, 0.25) is 5.82 Å². The first-order chi connectivity index (χ1) is 14.5. The summed E-state index contributed by atoms with van der Waals surface area (Å²) in [6.45, 7) is 4.73. The number of Topliss-reactive ketones (excluding diaryl/α,β-unsaturated/α-hetero) is 1. The lowest BCUT2D eigenvalue weighted by molar-refractivity contribution is 0.0693. The van der Waals surface area contributed by atoms with Gasteiger partial charge in [-0.2, -0.15) is 0 Å². The molecule has 0 aromatic heterocycles. The van der Waals surface area contributed by atoms with Crippen molar-refractivity contribution < 1.29 is 24.4 Å². The number of carboxylic acid groups (broad SMARTS) is 1. The Labute approximate surface area is 175 Å². The van der Waals surface area contributed by atoms with E-state index in [9.17, 15) is 19.7 Å². The Morgan fingerprint density at radius 1 is 1.17 bits per heavy atom. The molecule has 0 spiro atoms. The molecule has 1 atom stereocenters. The SMILES string of the molecule is O=C(C[C@H]1Cc2cccc(C(=O)O)c2OB1O)c1cccc(CN2CCNCC2)c1. The Bertz CT molecular complexity index is 945. The van der Waals surface area contributed by atoms with Crippen LogP contribution < -0.4 is 9.97 Å². The normalized spacial score (nSPS) is 19.1. The fraction of sp³-hybridized carbons (Fsp3) is 0.364. The first-order valence-corrected chi connectivity index (χ1v) is 10.3. The Morgan fingerprint density at radius 2 is 1.93 bits per heavy atom. The Hall–Kier alpha value is -2.68. The van der Waals surface area contributed by atoms with Crippen molar-refractivity contribution in [1.29, 1.82) is 0 Å². The molecular weight excluding hydrogens is 383 g/mol. The van der Waals surface area contributed by atoms with E-state index >= 15 is 0 Å². The summed E-state index contributed by atoms with van der Waals surface area (Å²) in [4.78, 5) is 26.6. The summed E-state index contributed by atoms with van der Waals surface area (Å²) in [6.07, 6.45) is 0.527. The van der Waals surface area contributed by atoms with Crippen LogP contribution in [0.3, 0.4) is 0 Å². The minimum atomic E-state index is -1.22. The van der Waals surface area contributed by atoms with Crippen LogP contribution in [0.25, 0.3) is 0 Å². The van der Waals surface area contributed by atoms with Crippen LogP contribution in [-0.2, 0) is 13.0 Å². The number of nitrogens with one attached hydrogen (secondary N) is 1. The topological polar surface area (TPSA) is 99.1 Å². The number of benzene rings is 2. The number of hydrogen-bond acceptors (Lipinski definition) is 6. The lowest BCUT2D eigenvalue weighted by Gasteiger charge is -2.28. The number of aromatic carboxylic acids is 1. The molecule has 3 N–H and O–H groups in total. The van der Waals surface area contributed by atoms with Crippen LogP contribution in [0.4, 0.5) is 0 Å². The van der Waals surface area contributed by atoms with Crippen LogP contribution in [0.5, 0.6) is 5.75 Å². The highest BCUT2D eigenvalue weighted by Crippen LogP contribution is 2.36. The van der Waals surface area contributed by atoms with Gasteiger partial charge in [0.25, 0.3) is 0 Å². The Balaban J connectivity index is 1.44. The summed E-state index contributed by atoms with van der Waals surface area (Å²) >= 11 is 0. The fourth-order valence-corrected chi connectivity index (χ4v) is 4.15. The van der Waals surface area contributed by atoms with E-state index in [4.69, 9.17) is 4.65 Å². The van der Waals surface area contributed by atoms with Gasteiger partial charge in [0.2, 0.25) is 0 Å². The fourth-order valence-electron chi connectivity index (χ4n) is 4.15. The Morgan fingerprint density at radius 3 is 2.70 bits per heavy atom. The van der Waals surface area contributed by atoms with Gasteiger partial charge in [-0.25, -0.2) is 4.79 Å². The molecule has 2 aromatic rings. The van der Waals surface area contributed by atoms with Gasteiger partial charge >= 0.3 is 13.1 Å². The predicted octanol–water partition coefficient (Wildman–Crippen LogP) is 1.85. The quantitative estimate of drug-likeness (QED) is 0.496. The number of hydrogen-bond donors (Lipinski definition) is 3. The van der Waals surface area contributed by atoms with E-state index in [1.165, 1.54) is 6.07 Å². The van der Waals surface area contributed by atoms with E-state index in [0.29, 0.717) is 17.5 Å². The van der Waals surface area contributed by atoms with E-state index in [2.05, 4.69) is 10.2 Å². The van der Waals surface area contributed by atoms with Crippen molar-refractivity contribution in [2.45, 2.75) is 25.2 Å². The molecular formula is C22H25BN2O5. The smallest absolute Gasteiger partial charge is 0.526 e. The van der Waals surface area contributed by atoms with Gasteiger partial charge in [0.15, 0.2) is 5.78 Å². The largest absolute Gasteiger partial charge is 0.535 e. The summed E-state index contributed by atoms with van der Waals surface area (Å²) in [5, 5.41) is 23.0. The molecule has 2 heterocycles. The van der Waals surface area contributed by atoms with Crippen molar-refractivity contribution in [2.75, 3.05) is 26.2 Å². The van der Waals surface area contributed by atoms with Crippen molar-refractivity contribution in [3.8, 4) is 5.75 Å². The van der Waals surface area contributed by atoms with Gasteiger partial charge in [0.1, 0.15) is 5.75 Å². The molecule has 2 aliphatic heterocycles. The molecule has 0 saturated carbocycles. The number of piperazine rings is 1. The molecule has 8 heteroatoms. The lowest BCUT2D eigenvalue weighted by Crippen LogP contribution is -2.42. The second kappa shape index (κ2) is 8.99. The van der Waals surface area contributed by atoms with Crippen LogP contribution >= 0.6 is 0 Å². The average molecular weight is 408 g/mol. The first-order valence-electron chi connectivity index (χ1n) is 10.3. The number of carbonyl (C=O) groups is 2. The maximum absolute atomic E-state index is 12.9. The number of para-hydroxylation sites is 1. The van der Waals surface area contributed by atoms with Crippen molar-refractivity contribution >= 4 is 18.9 Å². The second-order valence-corrected chi connectivity index (χ2v) is 7.93. The van der Waals surface area contributed by atoms with Crippen molar-refractivity contribution in [3.05, 3.63) is 64.7 Å². The standard InChI is InChI=1S/C22H25BN2O5/c26-20(16-4-1-3-15(11-16)14-25-9-7-24-8-10-25)13-18-12-17-5-2-6-19(22(27)28)21(17)30-23(18)29/h1-6,11,18,24,29H,7-10,12-14H2,(H,27,28)/t18-/m1/s1. The van der Waals surface area contributed by atoms with Gasteiger partial charge in [0, 0.05) is 50.5 Å². The van der Waals surface area contributed by atoms with Gasteiger partial charge in [-0.3, -0.25) is 9.69 Å². The molecule has 2 aliphatic rings. The molecule has 0 unspecified atom stereocenters. The second-order valence-electron chi connectivity index (χ2n) is 7.93. The van der Waals surface area contributed by atoms with Crippen LogP contribution in [0.15, 0.2) is 42.5 Å². The summed E-state index contributed by atoms with van der Waals surface area (Å²) in [5.41, 5.74) is 2.45. The molecule has 0 bridgehead atoms. The highest BCUT2D eigenvalue weighted by atomic mass is 16.5. The van der Waals surface area contributed by atoms with Gasteiger partial charge in [-0.05, 0) is 29.7 Å². The maximum atomic E-state index is 12.9. The molecule has 2 aromatic carbocycles. The number of carbonyl (C=O) groups excluding carboxylic acids is 1. The molecule has 7 nitrogen and oxygen atoms in total. The van der Waals surface area contributed by atoms with E-state index in [0.717, 1.165) is 38.3 Å². The maximum Gasteiger partial charge on any atom is 0.526 e. The third kappa shape index (κ3) is 4.56. The number of fused-ring (bicyclic) bond motifs is 1. The van der Waals surface area contributed by atoms with Crippen molar-refractivity contribution in [3.63, 3.8) is 0 Å². The number of rotatable bonds is 6. The van der Waals surface area contributed by atoms with Crippen LogP contribution in [-0.4, -0.2) is 60.1 Å². The molecule has 0 aliphatic carbocycles. The number of nitrogens with zero attached hydrogens (tertiary/aromatic N) is 1. The zero-order valence-electron chi connectivity index (χ0n) is 16.7. The summed E-state index contributed by atoms with van der Waals surface area (Å²) in [7, 11) is -1.22. The zero-order valence-corrected chi connectivity index (χ0v) is 16.7. The monoisotopic (exact) mass is 408 g/mol. The van der Waals surface area contributed by atoms with Gasteiger partial charge in [-0.1, -0.05) is 30.3 Å². The molecule has 1 fully saturated rings. The zero-order chi connectivity index (χ0) is 21.1. The van der Waals surface area contributed by atoms with Gasteiger partial charge in [0.05, 0.1) is 5.56 Å². The molecule has 4 rings (SSSR count). The highest BCUT2D eigenvalue weighted by molar-refractivity contribution is 6.47. The van der Waals surface area contributed by atoms with E-state index in [1.54, 1.807) is 18.2 Å². The summed E-state index contributed by atoms with van der Waals surface area (Å²) in [5.74, 6) is -1.39. The van der Waals surface area contributed by atoms with E-state index < -0.39 is 18.9 Å². The van der Waals surface area contributed by atoms with E-state index in [1.807, 2.05) is 18.2 Å². The number of carboxylic acids is 1. The number of ketones is 1. The van der Waals surface area contributed by atoms with E-state index in [-0.39, 0.29) is 23.5 Å². The summed E-state index contributed by atoms with van der Waals surface area (Å²) < 4.78 is 5.51. The highest BCUT2D eigenvalue weighted by Gasteiger charge is 2.37. The lowest BCUT2D eigenvalue weighted by atomic mass is 9.64. The molecule has 30 heavy (non-hydrogen) atoms. The predicted molar refractivity (Wildman–Crippen MR) is 113 cm³/mol. The molecule has 0 radical (unpaired) electrons. The minimum Gasteiger partial charge on any atom is -0.535 e. The third-order valence-corrected chi connectivity index (χ3v) is 5.76. The Kier molecular flexibility index (Phi) is 6.17. The molecule has 1 saturated heterocycles. The van der Waals surface area contributed by atoms with Crippen LogP contribution in [0.1, 0.15) is 38.3 Å². The first kappa shape index (κ1) is 20.6. The molecule has 0 amide bonds. The third-order valence-electron chi connectivity index (χ3n) is 5.76. The van der Waals surface area contributed by atoms with Crippen molar-refractivity contribution in [2.24, 2.45) is 0 Å². The summed E-state index contributed by atoms with van der Waals surface area (Å²) in [6, 6.07) is 12.5. The van der Waals surface area contributed by atoms with Crippen molar-refractivity contribution in [1.82, 2.24) is 10.2 Å². The molecule has 156 valence electrons. The minimum absolute atomic E-state index is 0.0249. The van der Waals surface area contributed by atoms with Gasteiger partial charge < -0.3 is 20.1 Å². The average Bonchev–Trinajstić information content (AvgIpc) is 2.74.